The average Bonchev–Trinajstić information content (AvgIpc) is 2.35. The highest BCUT2D eigenvalue weighted by Gasteiger charge is 2.08. The Morgan fingerprint density at radius 1 is 1.44 bits per heavy atom. The molecule has 1 unspecified atom stereocenters. The van der Waals surface area contributed by atoms with Crippen LogP contribution >= 0.6 is 0 Å². The van der Waals surface area contributed by atoms with Crippen LogP contribution in [0.15, 0.2) is 24.3 Å². The summed E-state index contributed by atoms with van der Waals surface area (Å²) in [6, 6.07) is 7.04. The fourth-order valence-corrected chi connectivity index (χ4v) is 1.41. The van der Waals surface area contributed by atoms with E-state index in [-0.39, 0.29) is 18.6 Å². The number of hydrogen-bond acceptors (Lipinski definition) is 4. The summed E-state index contributed by atoms with van der Waals surface area (Å²) in [6.07, 6.45) is 0. The topological polar surface area (TPSA) is 73.6 Å². The van der Waals surface area contributed by atoms with Crippen molar-refractivity contribution in [1.29, 1.82) is 0 Å². The van der Waals surface area contributed by atoms with Crippen LogP contribution in [0.2, 0.25) is 0 Å². The van der Waals surface area contributed by atoms with Gasteiger partial charge in [-0.25, -0.2) is 0 Å². The summed E-state index contributed by atoms with van der Waals surface area (Å²) in [6.45, 7) is 4.87. The molecule has 1 atom stereocenters. The summed E-state index contributed by atoms with van der Waals surface area (Å²) in [5.41, 5.74) is 6.22. The highest BCUT2D eigenvalue weighted by molar-refractivity contribution is 5.78. The largest absolute Gasteiger partial charge is 0.482 e. The molecule has 0 radical (unpaired) electrons. The van der Waals surface area contributed by atoms with E-state index in [1.165, 1.54) is 0 Å². The first kappa shape index (κ1) is 14.3. The highest BCUT2D eigenvalue weighted by Crippen LogP contribution is 2.19. The summed E-state index contributed by atoms with van der Waals surface area (Å²) in [4.78, 5) is 11.6. The van der Waals surface area contributed by atoms with E-state index in [1.807, 2.05) is 19.9 Å². The van der Waals surface area contributed by atoms with Gasteiger partial charge in [-0.2, -0.15) is 0 Å². The molecule has 0 fully saturated rings. The Morgan fingerprint density at radius 2 is 2.17 bits per heavy atom. The van der Waals surface area contributed by atoms with Crippen LogP contribution in [0, 0.1) is 0 Å². The first-order chi connectivity index (χ1) is 8.63. The van der Waals surface area contributed by atoms with Crippen LogP contribution < -0.4 is 15.8 Å². The Labute approximate surface area is 107 Å². The van der Waals surface area contributed by atoms with Crippen LogP contribution in [-0.4, -0.2) is 31.8 Å². The molecule has 0 aliphatic rings. The van der Waals surface area contributed by atoms with Crippen LogP contribution in [0.4, 0.5) is 5.69 Å². The van der Waals surface area contributed by atoms with Crippen LogP contribution in [0.5, 0.6) is 5.75 Å². The lowest BCUT2D eigenvalue weighted by Gasteiger charge is -2.14. The standard InChI is InChI=1S/C13H20N2O3/c1-3-17-8-10(2)15-13(16)9-18-12-7-5-4-6-11(12)14/h4-7,10H,3,8-9,14H2,1-2H3,(H,15,16). The molecule has 0 bridgehead atoms. The third kappa shape index (κ3) is 5.05. The molecule has 1 aromatic carbocycles. The number of carbonyl (C=O) groups is 1. The first-order valence-electron chi connectivity index (χ1n) is 5.98. The second-order valence-electron chi connectivity index (χ2n) is 3.95. The lowest BCUT2D eigenvalue weighted by Crippen LogP contribution is -2.38. The fourth-order valence-electron chi connectivity index (χ4n) is 1.41. The molecule has 3 N–H and O–H groups in total. The van der Waals surface area contributed by atoms with Gasteiger partial charge in [0.2, 0.25) is 0 Å². The van der Waals surface area contributed by atoms with Gasteiger partial charge in [0.05, 0.1) is 12.3 Å². The molecule has 100 valence electrons. The second-order valence-corrected chi connectivity index (χ2v) is 3.95. The Bertz CT molecular complexity index is 382. The van der Waals surface area contributed by atoms with Crippen molar-refractivity contribution >= 4 is 11.6 Å². The maximum Gasteiger partial charge on any atom is 0.258 e. The maximum absolute atomic E-state index is 11.6. The number of anilines is 1. The van der Waals surface area contributed by atoms with E-state index in [2.05, 4.69) is 5.32 Å². The maximum atomic E-state index is 11.6. The quantitative estimate of drug-likeness (QED) is 0.715. The van der Waals surface area contributed by atoms with Crippen molar-refractivity contribution in [3.8, 4) is 5.75 Å². The Hall–Kier alpha value is -1.75. The zero-order chi connectivity index (χ0) is 13.4. The van der Waals surface area contributed by atoms with Gasteiger partial charge in [-0.05, 0) is 26.0 Å². The van der Waals surface area contributed by atoms with Crippen LogP contribution in [0.3, 0.4) is 0 Å². The van der Waals surface area contributed by atoms with Gasteiger partial charge in [-0.1, -0.05) is 12.1 Å². The van der Waals surface area contributed by atoms with Gasteiger partial charge in [0.15, 0.2) is 6.61 Å². The Morgan fingerprint density at radius 3 is 2.83 bits per heavy atom. The minimum absolute atomic E-state index is 0.0332. The summed E-state index contributed by atoms with van der Waals surface area (Å²) >= 11 is 0. The number of rotatable bonds is 7. The van der Waals surface area contributed by atoms with Crippen molar-refractivity contribution in [2.75, 3.05) is 25.6 Å². The van der Waals surface area contributed by atoms with E-state index >= 15 is 0 Å². The Balaban J connectivity index is 2.31. The van der Waals surface area contributed by atoms with Crippen molar-refractivity contribution < 1.29 is 14.3 Å². The zero-order valence-corrected chi connectivity index (χ0v) is 10.8. The lowest BCUT2D eigenvalue weighted by atomic mass is 10.3. The van der Waals surface area contributed by atoms with Crippen molar-refractivity contribution in [1.82, 2.24) is 5.32 Å². The molecular weight excluding hydrogens is 232 g/mol. The first-order valence-corrected chi connectivity index (χ1v) is 5.98. The summed E-state index contributed by atoms with van der Waals surface area (Å²) in [7, 11) is 0. The van der Waals surface area contributed by atoms with Crippen molar-refractivity contribution in [2.24, 2.45) is 0 Å². The molecule has 5 heteroatoms. The monoisotopic (exact) mass is 252 g/mol. The molecule has 0 saturated carbocycles. The third-order valence-electron chi connectivity index (χ3n) is 2.26. The normalized spacial score (nSPS) is 11.9. The van der Waals surface area contributed by atoms with Gasteiger partial charge in [0.25, 0.3) is 5.91 Å². The number of para-hydroxylation sites is 2. The number of nitrogens with two attached hydrogens (primary N) is 1. The number of nitrogens with one attached hydrogen (secondary N) is 1. The Kier molecular flexibility index (Phi) is 6.00. The molecule has 0 aliphatic carbocycles. The van der Waals surface area contributed by atoms with Crippen molar-refractivity contribution in [3.05, 3.63) is 24.3 Å². The van der Waals surface area contributed by atoms with Crippen molar-refractivity contribution in [3.63, 3.8) is 0 Å². The predicted molar refractivity (Wildman–Crippen MR) is 70.4 cm³/mol. The molecule has 0 aromatic heterocycles. The fraction of sp³-hybridized carbons (Fsp3) is 0.462. The van der Waals surface area contributed by atoms with Gasteiger partial charge in [-0.3, -0.25) is 4.79 Å². The summed E-state index contributed by atoms with van der Waals surface area (Å²) in [5, 5.41) is 2.77. The number of nitrogen functional groups attached to an aromatic ring is 1. The molecular formula is C13H20N2O3. The number of amides is 1. The molecule has 1 amide bonds. The van der Waals surface area contributed by atoms with Gasteiger partial charge in [-0.15, -0.1) is 0 Å². The minimum atomic E-state index is -0.189. The van der Waals surface area contributed by atoms with Gasteiger partial charge < -0.3 is 20.5 Å². The van der Waals surface area contributed by atoms with Crippen LogP contribution in [0.25, 0.3) is 0 Å². The van der Waals surface area contributed by atoms with E-state index in [9.17, 15) is 4.79 Å². The molecule has 0 saturated heterocycles. The SMILES string of the molecule is CCOCC(C)NC(=O)COc1ccccc1N. The van der Waals surface area contributed by atoms with E-state index in [0.29, 0.717) is 24.7 Å². The molecule has 0 aliphatic heterocycles. The minimum Gasteiger partial charge on any atom is -0.482 e. The van der Waals surface area contributed by atoms with Gasteiger partial charge in [0.1, 0.15) is 5.75 Å². The lowest BCUT2D eigenvalue weighted by molar-refractivity contribution is -0.124. The third-order valence-corrected chi connectivity index (χ3v) is 2.26. The van der Waals surface area contributed by atoms with Gasteiger partial charge in [0, 0.05) is 12.6 Å². The van der Waals surface area contributed by atoms with E-state index in [4.69, 9.17) is 15.2 Å². The molecule has 0 heterocycles. The number of carbonyl (C=O) groups excluding carboxylic acids is 1. The van der Waals surface area contributed by atoms with E-state index in [0.717, 1.165) is 0 Å². The second kappa shape index (κ2) is 7.55. The molecule has 1 rings (SSSR count). The van der Waals surface area contributed by atoms with Crippen molar-refractivity contribution in [2.45, 2.75) is 19.9 Å². The number of benzene rings is 1. The number of ether oxygens (including phenoxy) is 2. The van der Waals surface area contributed by atoms with E-state index < -0.39 is 0 Å². The molecule has 18 heavy (non-hydrogen) atoms. The average molecular weight is 252 g/mol. The van der Waals surface area contributed by atoms with E-state index in [1.54, 1.807) is 18.2 Å². The smallest absolute Gasteiger partial charge is 0.258 e. The predicted octanol–water partition coefficient (Wildman–Crippen LogP) is 1.19. The molecule has 5 nitrogen and oxygen atoms in total. The van der Waals surface area contributed by atoms with Crippen LogP contribution in [0.1, 0.15) is 13.8 Å². The van der Waals surface area contributed by atoms with Crippen LogP contribution in [-0.2, 0) is 9.53 Å². The summed E-state index contributed by atoms with van der Waals surface area (Å²) in [5.74, 6) is 0.329. The zero-order valence-electron chi connectivity index (χ0n) is 10.8. The van der Waals surface area contributed by atoms with Gasteiger partial charge >= 0.3 is 0 Å². The number of hydrogen-bond donors (Lipinski definition) is 2. The molecule has 1 aromatic rings. The molecule has 0 spiro atoms. The highest BCUT2D eigenvalue weighted by atomic mass is 16.5. The summed E-state index contributed by atoms with van der Waals surface area (Å²) < 4.78 is 10.5.